The minimum Gasteiger partial charge on any atom is -0.299 e. The SMILES string of the molecule is CCn1cc(C#N)c(=O)n(CC)c1=O. The van der Waals surface area contributed by atoms with E-state index in [0.717, 1.165) is 4.57 Å². The Bertz CT molecular complexity index is 490. The molecule has 74 valence electrons. The predicted molar refractivity (Wildman–Crippen MR) is 51.0 cm³/mol. The summed E-state index contributed by atoms with van der Waals surface area (Å²) in [4.78, 5) is 23.0. The molecule has 1 aromatic heterocycles. The molecule has 1 aromatic rings. The van der Waals surface area contributed by atoms with Gasteiger partial charge in [-0.25, -0.2) is 4.79 Å². The van der Waals surface area contributed by atoms with Gasteiger partial charge >= 0.3 is 5.69 Å². The number of nitrogens with zero attached hydrogens (tertiary/aromatic N) is 3. The molecule has 1 heterocycles. The van der Waals surface area contributed by atoms with Crippen LogP contribution in [0.2, 0.25) is 0 Å². The van der Waals surface area contributed by atoms with E-state index in [2.05, 4.69) is 0 Å². The molecule has 0 aromatic carbocycles. The van der Waals surface area contributed by atoms with Gasteiger partial charge in [-0.2, -0.15) is 5.26 Å². The first kappa shape index (κ1) is 10.3. The first-order valence-electron chi connectivity index (χ1n) is 4.40. The molecule has 0 aliphatic heterocycles. The molecule has 0 aliphatic rings. The average molecular weight is 193 g/mol. The fourth-order valence-electron chi connectivity index (χ4n) is 1.24. The van der Waals surface area contributed by atoms with Gasteiger partial charge in [-0.3, -0.25) is 13.9 Å². The lowest BCUT2D eigenvalue weighted by Crippen LogP contribution is -2.40. The van der Waals surface area contributed by atoms with Crippen molar-refractivity contribution in [2.24, 2.45) is 0 Å². The van der Waals surface area contributed by atoms with Gasteiger partial charge in [0.25, 0.3) is 5.56 Å². The standard InChI is InChI=1S/C9H11N3O2/c1-3-11-6-7(5-10)8(13)12(4-2)9(11)14/h6H,3-4H2,1-2H3. The molecule has 0 bridgehead atoms. The number of nitriles is 1. The minimum absolute atomic E-state index is 0.00769. The zero-order valence-electron chi connectivity index (χ0n) is 8.15. The predicted octanol–water partition coefficient (Wildman–Crippen LogP) is -0.0785. The monoisotopic (exact) mass is 193 g/mol. The highest BCUT2D eigenvalue weighted by Crippen LogP contribution is 1.86. The zero-order chi connectivity index (χ0) is 10.7. The molecule has 14 heavy (non-hydrogen) atoms. The molecule has 5 heteroatoms. The van der Waals surface area contributed by atoms with Gasteiger partial charge in [-0.05, 0) is 13.8 Å². The van der Waals surface area contributed by atoms with Crippen molar-refractivity contribution in [1.82, 2.24) is 9.13 Å². The van der Waals surface area contributed by atoms with E-state index in [9.17, 15) is 9.59 Å². The summed E-state index contributed by atoms with van der Waals surface area (Å²) in [7, 11) is 0. The van der Waals surface area contributed by atoms with Crippen LogP contribution in [0.25, 0.3) is 0 Å². The number of aromatic nitrogens is 2. The maximum Gasteiger partial charge on any atom is 0.331 e. The molecule has 5 nitrogen and oxygen atoms in total. The average Bonchev–Trinajstić information content (AvgIpc) is 2.19. The molecule has 0 N–H and O–H groups in total. The van der Waals surface area contributed by atoms with E-state index in [4.69, 9.17) is 5.26 Å². The molecular formula is C9H11N3O2. The summed E-state index contributed by atoms with van der Waals surface area (Å²) in [5, 5.41) is 8.67. The van der Waals surface area contributed by atoms with Crippen molar-refractivity contribution in [2.45, 2.75) is 26.9 Å². The summed E-state index contributed by atoms with van der Waals surface area (Å²) in [5.41, 5.74) is -0.864. The van der Waals surface area contributed by atoms with E-state index in [1.54, 1.807) is 19.9 Å². The molecule has 1 rings (SSSR count). The quantitative estimate of drug-likeness (QED) is 0.659. The lowest BCUT2D eigenvalue weighted by atomic mass is 10.3. The topological polar surface area (TPSA) is 67.8 Å². The van der Waals surface area contributed by atoms with Crippen LogP contribution in [0.4, 0.5) is 0 Å². The van der Waals surface area contributed by atoms with E-state index < -0.39 is 5.56 Å². The highest BCUT2D eigenvalue weighted by Gasteiger charge is 2.07. The van der Waals surface area contributed by atoms with Gasteiger partial charge in [-0.15, -0.1) is 0 Å². The van der Waals surface area contributed by atoms with Gasteiger partial charge < -0.3 is 0 Å². The molecule has 0 unspecified atom stereocenters. The lowest BCUT2D eigenvalue weighted by Gasteiger charge is -2.06. The van der Waals surface area contributed by atoms with Crippen LogP contribution in [0.15, 0.2) is 15.8 Å². The summed E-state index contributed by atoms with van der Waals surface area (Å²) in [6, 6.07) is 1.78. The Balaban J connectivity index is 3.67. The lowest BCUT2D eigenvalue weighted by molar-refractivity contribution is 0.585. The van der Waals surface area contributed by atoms with Crippen molar-refractivity contribution < 1.29 is 0 Å². The van der Waals surface area contributed by atoms with E-state index in [1.165, 1.54) is 10.8 Å². The summed E-state index contributed by atoms with van der Waals surface area (Å²) in [6.07, 6.45) is 1.30. The summed E-state index contributed by atoms with van der Waals surface area (Å²) < 4.78 is 2.41. The highest BCUT2D eigenvalue weighted by atomic mass is 16.2. The third-order valence-electron chi connectivity index (χ3n) is 2.01. The van der Waals surface area contributed by atoms with Crippen molar-refractivity contribution >= 4 is 0 Å². The molecule has 0 saturated heterocycles. The second-order valence-corrected chi connectivity index (χ2v) is 2.77. The van der Waals surface area contributed by atoms with Crippen LogP contribution >= 0.6 is 0 Å². The van der Waals surface area contributed by atoms with Crippen LogP contribution in [-0.4, -0.2) is 9.13 Å². The van der Waals surface area contributed by atoms with Gasteiger partial charge in [0.1, 0.15) is 11.6 Å². The van der Waals surface area contributed by atoms with Gasteiger partial charge in [0.15, 0.2) is 0 Å². The smallest absolute Gasteiger partial charge is 0.299 e. The fraction of sp³-hybridized carbons (Fsp3) is 0.444. The first-order valence-corrected chi connectivity index (χ1v) is 4.40. The van der Waals surface area contributed by atoms with Gasteiger partial charge in [0.05, 0.1) is 0 Å². The van der Waals surface area contributed by atoms with Crippen LogP contribution in [0.3, 0.4) is 0 Å². The molecule has 0 amide bonds. The van der Waals surface area contributed by atoms with Gasteiger partial charge in [0, 0.05) is 19.3 Å². The third-order valence-corrected chi connectivity index (χ3v) is 2.01. The zero-order valence-corrected chi connectivity index (χ0v) is 8.15. The Kier molecular flexibility index (Phi) is 2.87. The number of hydrogen-bond donors (Lipinski definition) is 0. The molecular weight excluding hydrogens is 182 g/mol. The second-order valence-electron chi connectivity index (χ2n) is 2.77. The summed E-state index contributed by atoms with van der Waals surface area (Å²) >= 11 is 0. The molecule has 0 spiro atoms. The van der Waals surface area contributed by atoms with Crippen molar-refractivity contribution in [2.75, 3.05) is 0 Å². The molecule has 0 fully saturated rings. The second kappa shape index (κ2) is 3.92. The Hall–Kier alpha value is -1.83. The van der Waals surface area contributed by atoms with E-state index in [1.807, 2.05) is 0 Å². The van der Waals surface area contributed by atoms with Crippen molar-refractivity contribution in [3.8, 4) is 6.07 Å². The van der Waals surface area contributed by atoms with E-state index >= 15 is 0 Å². The van der Waals surface area contributed by atoms with E-state index in [0.29, 0.717) is 6.54 Å². The molecule has 0 atom stereocenters. The molecule has 0 saturated carbocycles. The van der Waals surface area contributed by atoms with Crippen LogP contribution < -0.4 is 11.2 Å². The van der Waals surface area contributed by atoms with Crippen LogP contribution in [0.5, 0.6) is 0 Å². The van der Waals surface area contributed by atoms with E-state index in [-0.39, 0.29) is 17.8 Å². The van der Waals surface area contributed by atoms with Crippen LogP contribution in [-0.2, 0) is 13.1 Å². The van der Waals surface area contributed by atoms with Crippen molar-refractivity contribution in [3.05, 3.63) is 32.6 Å². The highest BCUT2D eigenvalue weighted by molar-refractivity contribution is 5.22. The molecule has 0 aliphatic carbocycles. The van der Waals surface area contributed by atoms with Crippen LogP contribution in [0, 0.1) is 11.3 Å². The Morgan fingerprint density at radius 1 is 1.36 bits per heavy atom. The first-order chi connectivity index (χ1) is 6.65. The number of hydrogen-bond acceptors (Lipinski definition) is 3. The molecule has 0 radical (unpaired) electrons. The largest absolute Gasteiger partial charge is 0.331 e. The summed E-state index contributed by atoms with van der Waals surface area (Å²) in [5.74, 6) is 0. The van der Waals surface area contributed by atoms with Gasteiger partial charge in [0.2, 0.25) is 0 Å². The number of rotatable bonds is 2. The van der Waals surface area contributed by atoms with Crippen molar-refractivity contribution in [1.29, 1.82) is 5.26 Å². The maximum absolute atomic E-state index is 11.5. The third kappa shape index (κ3) is 1.46. The van der Waals surface area contributed by atoms with Crippen LogP contribution in [0.1, 0.15) is 19.4 Å². The fourth-order valence-corrected chi connectivity index (χ4v) is 1.24. The maximum atomic E-state index is 11.5. The van der Waals surface area contributed by atoms with Gasteiger partial charge in [-0.1, -0.05) is 0 Å². The normalized spacial score (nSPS) is 9.79. The Morgan fingerprint density at radius 2 is 2.00 bits per heavy atom. The number of aryl methyl sites for hydroxylation is 1. The Labute approximate surface area is 80.8 Å². The Morgan fingerprint density at radius 3 is 2.43 bits per heavy atom. The summed E-state index contributed by atoms with van der Waals surface area (Å²) in [6.45, 7) is 4.22. The minimum atomic E-state index is -0.510. The van der Waals surface area contributed by atoms with Crippen molar-refractivity contribution in [3.63, 3.8) is 0 Å².